The molecule has 0 bridgehead atoms. The van der Waals surface area contributed by atoms with Gasteiger partial charge in [0.15, 0.2) is 0 Å². The van der Waals surface area contributed by atoms with Gasteiger partial charge in [-0.25, -0.2) is 0 Å². The van der Waals surface area contributed by atoms with Gasteiger partial charge >= 0.3 is 0 Å². The lowest BCUT2D eigenvalue weighted by Crippen LogP contribution is -2.52. The molecule has 0 amide bonds. The number of likely N-dealkylation sites (N-methyl/N-ethyl adjacent to an activating group) is 1. The predicted octanol–water partition coefficient (Wildman–Crippen LogP) is 1.15. The molecule has 0 spiro atoms. The van der Waals surface area contributed by atoms with Crippen LogP contribution in [0.5, 0.6) is 0 Å². The van der Waals surface area contributed by atoms with Crippen molar-refractivity contribution < 1.29 is 0 Å². The Morgan fingerprint density at radius 1 is 1.12 bits per heavy atom. The second kappa shape index (κ2) is 5.99. The first-order valence-electron chi connectivity index (χ1n) is 6.95. The summed E-state index contributed by atoms with van der Waals surface area (Å²) in [6.45, 7) is 8.41. The summed E-state index contributed by atoms with van der Waals surface area (Å²) in [6.07, 6.45) is 5.59. The molecule has 94 valence electrons. The Balaban J connectivity index is 1.80. The number of hydrogen-bond acceptors (Lipinski definition) is 3. The van der Waals surface area contributed by atoms with Crippen LogP contribution in [0.15, 0.2) is 0 Å². The second-order valence-corrected chi connectivity index (χ2v) is 5.41. The van der Waals surface area contributed by atoms with E-state index in [1.54, 1.807) is 0 Å². The molecule has 0 unspecified atom stereocenters. The van der Waals surface area contributed by atoms with E-state index < -0.39 is 0 Å². The van der Waals surface area contributed by atoms with Crippen LogP contribution in [0, 0.1) is 0 Å². The first-order valence-corrected chi connectivity index (χ1v) is 6.95. The molecule has 0 aromatic carbocycles. The molecule has 1 saturated heterocycles. The highest BCUT2D eigenvalue weighted by atomic mass is 15.3. The SMILES string of the molecule is CCN[C@@H]1CCC[C@H](N2CCN(C)CC2)C1. The van der Waals surface area contributed by atoms with Crippen LogP contribution in [0.1, 0.15) is 32.6 Å². The summed E-state index contributed by atoms with van der Waals surface area (Å²) in [5.41, 5.74) is 0. The van der Waals surface area contributed by atoms with Gasteiger partial charge in [-0.2, -0.15) is 0 Å². The molecule has 2 aliphatic rings. The molecule has 0 aromatic heterocycles. The summed E-state index contributed by atoms with van der Waals surface area (Å²) < 4.78 is 0. The van der Waals surface area contributed by atoms with Crippen molar-refractivity contribution in [3.63, 3.8) is 0 Å². The minimum Gasteiger partial charge on any atom is -0.314 e. The van der Waals surface area contributed by atoms with Crippen molar-refractivity contribution in [3.05, 3.63) is 0 Å². The number of piperazine rings is 1. The Kier molecular flexibility index (Phi) is 4.62. The van der Waals surface area contributed by atoms with Crippen molar-refractivity contribution in [2.75, 3.05) is 39.8 Å². The first-order chi connectivity index (χ1) is 7.79. The van der Waals surface area contributed by atoms with Crippen LogP contribution in [0.4, 0.5) is 0 Å². The molecular formula is C13H27N3. The molecule has 0 radical (unpaired) electrons. The van der Waals surface area contributed by atoms with E-state index in [0.29, 0.717) is 0 Å². The Labute approximate surface area is 100 Å². The van der Waals surface area contributed by atoms with E-state index in [4.69, 9.17) is 0 Å². The van der Waals surface area contributed by atoms with E-state index in [9.17, 15) is 0 Å². The van der Waals surface area contributed by atoms with Gasteiger partial charge in [-0.05, 0) is 32.9 Å². The second-order valence-electron chi connectivity index (χ2n) is 5.41. The van der Waals surface area contributed by atoms with E-state index in [1.807, 2.05) is 0 Å². The van der Waals surface area contributed by atoms with E-state index in [2.05, 4.69) is 29.1 Å². The number of nitrogens with zero attached hydrogens (tertiary/aromatic N) is 2. The summed E-state index contributed by atoms with van der Waals surface area (Å²) in [6, 6.07) is 1.63. The Morgan fingerprint density at radius 2 is 1.88 bits per heavy atom. The van der Waals surface area contributed by atoms with Crippen molar-refractivity contribution in [2.24, 2.45) is 0 Å². The fraction of sp³-hybridized carbons (Fsp3) is 1.00. The van der Waals surface area contributed by atoms with Crippen molar-refractivity contribution >= 4 is 0 Å². The highest BCUT2D eigenvalue weighted by Crippen LogP contribution is 2.23. The third kappa shape index (κ3) is 3.19. The van der Waals surface area contributed by atoms with Gasteiger partial charge in [-0.15, -0.1) is 0 Å². The smallest absolute Gasteiger partial charge is 0.0113 e. The maximum absolute atomic E-state index is 3.63. The van der Waals surface area contributed by atoms with Gasteiger partial charge in [-0.1, -0.05) is 13.3 Å². The fourth-order valence-electron chi connectivity index (χ4n) is 3.16. The molecule has 2 rings (SSSR count). The molecule has 1 heterocycles. The fourth-order valence-corrected chi connectivity index (χ4v) is 3.16. The van der Waals surface area contributed by atoms with Gasteiger partial charge in [0.25, 0.3) is 0 Å². The summed E-state index contributed by atoms with van der Waals surface area (Å²) >= 11 is 0. The molecule has 2 fully saturated rings. The standard InChI is InChI=1S/C13H27N3/c1-3-14-12-5-4-6-13(11-12)16-9-7-15(2)8-10-16/h12-14H,3-11H2,1-2H3/t12-,13+/m1/s1. The zero-order valence-corrected chi connectivity index (χ0v) is 10.9. The van der Waals surface area contributed by atoms with Crippen molar-refractivity contribution in [2.45, 2.75) is 44.7 Å². The zero-order valence-electron chi connectivity index (χ0n) is 10.9. The average molecular weight is 225 g/mol. The largest absolute Gasteiger partial charge is 0.314 e. The van der Waals surface area contributed by atoms with Crippen LogP contribution in [-0.2, 0) is 0 Å². The van der Waals surface area contributed by atoms with E-state index in [-0.39, 0.29) is 0 Å². The summed E-state index contributed by atoms with van der Waals surface area (Å²) in [5, 5.41) is 3.63. The Morgan fingerprint density at radius 3 is 2.56 bits per heavy atom. The molecular weight excluding hydrogens is 198 g/mol. The summed E-state index contributed by atoms with van der Waals surface area (Å²) in [4.78, 5) is 5.17. The number of hydrogen-bond donors (Lipinski definition) is 1. The topological polar surface area (TPSA) is 18.5 Å². The van der Waals surface area contributed by atoms with Crippen molar-refractivity contribution in [1.82, 2.24) is 15.1 Å². The van der Waals surface area contributed by atoms with Crippen LogP contribution < -0.4 is 5.32 Å². The molecule has 2 atom stereocenters. The van der Waals surface area contributed by atoms with Crippen LogP contribution in [-0.4, -0.2) is 61.7 Å². The quantitative estimate of drug-likeness (QED) is 0.777. The van der Waals surface area contributed by atoms with Crippen LogP contribution in [0.25, 0.3) is 0 Å². The van der Waals surface area contributed by atoms with Crippen LogP contribution >= 0.6 is 0 Å². The van der Waals surface area contributed by atoms with E-state index in [1.165, 1.54) is 51.9 Å². The van der Waals surface area contributed by atoms with Crippen LogP contribution in [0.3, 0.4) is 0 Å². The maximum Gasteiger partial charge on any atom is 0.0113 e. The van der Waals surface area contributed by atoms with Gasteiger partial charge in [0.1, 0.15) is 0 Å². The number of rotatable bonds is 3. The van der Waals surface area contributed by atoms with Gasteiger partial charge < -0.3 is 10.2 Å². The Bertz CT molecular complexity index is 197. The first kappa shape index (κ1) is 12.3. The normalized spacial score (nSPS) is 34.1. The molecule has 1 saturated carbocycles. The maximum atomic E-state index is 3.63. The molecule has 0 aromatic rings. The predicted molar refractivity (Wildman–Crippen MR) is 68.8 cm³/mol. The molecule has 1 aliphatic carbocycles. The lowest BCUT2D eigenvalue weighted by Gasteiger charge is -2.41. The molecule has 16 heavy (non-hydrogen) atoms. The number of nitrogens with one attached hydrogen (secondary N) is 1. The molecule has 1 N–H and O–H groups in total. The summed E-state index contributed by atoms with van der Waals surface area (Å²) in [7, 11) is 2.24. The monoisotopic (exact) mass is 225 g/mol. The summed E-state index contributed by atoms with van der Waals surface area (Å²) in [5.74, 6) is 0. The average Bonchev–Trinajstić information content (AvgIpc) is 2.31. The lowest BCUT2D eigenvalue weighted by atomic mass is 9.89. The lowest BCUT2D eigenvalue weighted by molar-refractivity contribution is 0.0830. The van der Waals surface area contributed by atoms with E-state index >= 15 is 0 Å². The Hall–Kier alpha value is -0.120. The highest BCUT2D eigenvalue weighted by Gasteiger charge is 2.27. The van der Waals surface area contributed by atoms with E-state index in [0.717, 1.165) is 18.6 Å². The van der Waals surface area contributed by atoms with Crippen molar-refractivity contribution in [1.29, 1.82) is 0 Å². The van der Waals surface area contributed by atoms with Gasteiger partial charge in [-0.3, -0.25) is 4.90 Å². The zero-order chi connectivity index (χ0) is 11.4. The van der Waals surface area contributed by atoms with Crippen LogP contribution in [0.2, 0.25) is 0 Å². The molecule has 3 nitrogen and oxygen atoms in total. The third-order valence-corrected chi connectivity index (χ3v) is 4.19. The van der Waals surface area contributed by atoms with Crippen molar-refractivity contribution in [3.8, 4) is 0 Å². The van der Waals surface area contributed by atoms with Gasteiger partial charge in [0.05, 0.1) is 0 Å². The minimum absolute atomic E-state index is 0.781. The molecule has 1 aliphatic heterocycles. The van der Waals surface area contributed by atoms with Gasteiger partial charge in [0.2, 0.25) is 0 Å². The molecule has 3 heteroatoms. The van der Waals surface area contributed by atoms with Gasteiger partial charge in [0, 0.05) is 38.3 Å². The third-order valence-electron chi connectivity index (χ3n) is 4.19. The highest BCUT2D eigenvalue weighted by molar-refractivity contribution is 4.85. The minimum atomic E-state index is 0.781.